The predicted molar refractivity (Wildman–Crippen MR) is 107 cm³/mol. The monoisotopic (exact) mass is 378 g/mol. The normalized spacial score (nSPS) is 16.5. The molecule has 2 heterocycles. The second-order valence-corrected chi connectivity index (χ2v) is 9.60. The first-order valence-corrected chi connectivity index (χ1v) is 10.9. The van der Waals surface area contributed by atoms with Crippen molar-refractivity contribution in [2.75, 3.05) is 32.1 Å². The van der Waals surface area contributed by atoms with E-state index < -0.39 is 0 Å². The fraction of sp³-hybridized carbons (Fsp3) is 0.389. The first kappa shape index (κ1) is 17.9. The fourth-order valence-corrected chi connectivity index (χ4v) is 6.43. The van der Waals surface area contributed by atoms with Gasteiger partial charge in [0.1, 0.15) is 0 Å². The Morgan fingerprint density at radius 1 is 1.21 bits per heavy atom. The highest BCUT2D eigenvalue weighted by Gasteiger charge is 2.19. The molecule has 1 aromatic heterocycles. The minimum absolute atomic E-state index is 0.00307. The van der Waals surface area contributed by atoms with Crippen LogP contribution in [0.2, 0.25) is 0 Å². The highest BCUT2D eigenvalue weighted by Crippen LogP contribution is 2.45. The van der Waals surface area contributed by atoms with Crippen LogP contribution in [0.15, 0.2) is 41.8 Å². The van der Waals surface area contributed by atoms with E-state index in [9.17, 15) is 4.79 Å². The largest absolute Gasteiger partial charge is 0.350 e. The molecule has 0 saturated carbocycles. The van der Waals surface area contributed by atoms with Gasteiger partial charge in [-0.25, -0.2) is 0 Å². The van der Waals surface area contributed by atoms with Crippen LogP contribution in [0, 0.1) is 0 Å². The quantitative estimate of drug-likeness (QED) is 0.814. The standard InChI is InChI=1S/C18H22N2OS3/c1-20(2)15(16-4-3-9-22-16)12-19-17(21)13-5-7-14(8-6-13)18-23-10-11-24-18/h3-9,15,18H,10-12H2,1-2H3,(H,19,21). The van der Waals surface area contributed by atoms with Gasteiger partial charge in [-0.3, -0.25) is 4.79 Å². The van der Waals surface area contributed by atoms with Crippen LogP contribution in [0.25, 0.3) is 0 Å². The van der Waals surface area contributed by atoms with Crippen molar-refractivity contribution >= 4 is 40.8 Å². The SMILES string of the molecule is CN(C)C(CNC(=O)c1ccc(C2SCCS2)cc1)c1cccs1. The van der Waals surface area contributed by atoms with Gasteiger partial charge in [0.05, 0.1) is 10.6 Å². The molecule has 0 radical (unpaired) electrons. The average molecular weight is 379 g/mol. The van der Waals surface area contributed by atoms with E-state index >= 15 is 0 Å². The Labute approximate surface area is 156 Å². The van der Waals surface area contributed by atoms with E-state index in [1.165, 1.54) is 21.9 Å². The summed E-state index contributed by atoms with van der Waals surface area (Å²) in [4.78, 5) is 15.8. The van der Waals surface area contributed by atoms with Crippen molar-refractivity contribution in [1.82, 2.24) is 10.2 Å². The minimum Gasteiger partial charge on any atom is -0.350 e. The van der Waals surface area contributed by atoms with Crippen LogP contribution in [-0.4, -0.2) is 43.0 Å². The van der Waals surface area contributed by atoms with E-state index in [1.807, 2.05) is 49.8 Å². The lowest BCUT2D eigenvalue weighted by Crippen LogP contribution is -2.34. The molecule has 1 amide bonds. The third-order valence-corrected chi connectivity index (χ3v) is 8.10. The molecular formula is C18H22N2OS3. The summed E-state index contributed by atoms with van der Waals surface area (Å²) in [6.45, 7) is 0.614. The number of nitrogens with zero attached hydrogens (tertiary/aromatic N) is 1. The Morgan fingerprint density at radius 2 is 1.92 bits per heavy atom. The maximum absolute atomic E-state index is 12.4. The van der Waals surface area contributed by atoms with Crippen LogP contribution in [-0.2, 0) is 0 Å². The Balaban J connectivity index is 1.60. The van der Waals surface area contributed by atoms with Crippen molar-refractivity contribution in [2.45, 2.75) is 10.6 Å². The molecule has 1 aromatic carbocycles. The van der Waals surface area contributed by atoms with Crippen molar-refractivity contribution in [3.8, 4) is 0 Å². The number of carbonyl (C=O) groups is 1. The van der Waals surface area contributed by atoms with Gasteiger partial charge in [0, 0.05) is 28.5 Å². The molecule has 1 aliphatic rings. The van der Waals surface area contributed by atoms with Gasteiger partial charge in [0.15, 0.2) is 0 Å². The van der Waals surface area contributed by atoms with E-state index in [0.29, 0.717) is 11.1 Å². The summed E-state index contributed by atoms with van der Waals surface area (Å²) in [5.41, 5.74) is 2.04. The molecule has 3 nitrogen and oxygen atoms in total. The molecule has 1 unspecified atom stereocenters. The van der Waals surface area contributed by atoms with Crippen LogP contribution in [0.1, 0.15) is 31.4 Å². The van der Waals surface area contributed by atoms with Crippen molar-refractivity contribution < 1.29 is 4.79 Å². The number of amides is 1. The maximum atomic E-state index is 12.4. The second kappa shape index (κ2) is 8.43. The van der Waals surface area contributed by atoms with Gasteiger partial charge >= 0.3 is 0 Å². The first-order valence-electron chi connectivity index (χ1n) is 7.96. The first-order chi connectivity index (χ1) is 11.6. The molecule has 1 atom stereocenters. The summed E-state index contributed by atoms with van der Waals surface area (Å²) in [7, 11) is 4.09. The molecule has 1 aliphatic heterocycles. The van der Waals surface area contributed by atoms with Crippen LogP contribution in [0.4, 0.5) is 0 Å². The highest BCUT2D eigenvalue weighted by atomic mass is 32.2. The zero-order valence-electron chi connectivity index (χ0n) is 13.9. The lowest BCUT2D eigenvalue weighted by Gasteiger charge is -2.23. The topological polar surface area (TPSA) is 32.3 Å². The number of hydrogen-bond acceptors (Lipinski definition) is 5. The summed E-state index contributed by atoms with van der Waals surface area (Å²) >= 11 is 5.69. The van der Waals surface area contributed by atoms with Crippen LogP contribution >= 0.6 is 34.9 Å². The molecule has 1 N–H and O–H groups in total. The molecule has 128 valence electrons. The van der Waals surface area contributed by atoms with Crippen molar-refractivity contribution in [1.29, 1.82) is 0 Å². The Bertz CT molecular complexity index is 649. The van der Waals surface area contributed by atoms with Crippen molar-refractivity contribution in [2.24, 2.45) is 0 Å². The third kappa shape index (κ3) is 4.36. The lowest BCUT2D eigenvalue weighted by molar-refractivity contribution is 0.0942. The zero-order chi connectivity index (χ0) is 16.9. The maximum Gasteiger partial charge on any atom is 0.251 e. The Kier molecular flexibility index (Phi) is 6.27. The van der Waals surface area contributed by atoms with Gasteiger partial charge in [0.25, 0.3) is 5.91 Å². The summed E-state index contributed by atoms with van der Waals surface area (Å²) in [5.74, 6) is 2.43. The smallest absolute Gasteiger partial charge is 0.251 e. The molecule has 1 saturated heterocycles. The minimum atomic E-state index is -0.00307. The predicted octanol–water partition coefficient (Wildman–Crippen LogP) is 4.26. The van der Waals surface area contributed by atoms with Gasteiger partial charge < -0.3 is 10.2 Å². The van der Waals surface area contributed by atoms with Gasteiger partial charge in [-0.2, -0.15) is 0 Å². The molecule has 3 rings (SSSR count). The molecule has 2 aromatic rings. The summed E-state index contributed by atoms with van der Waals surface area (Å²) < 4.78 is 0.527. The number of nitrogens with one attached hydrogen (secondary N) is 1. The summed E-state index contributed by atoms with van der Waals surface area (Å²) in [5, 5.41) is 5.15. The van der Waals surface area contributed by atoms with E-state index in [0.717, 1.165) is 5.56 Å². The second-order valence-electron chi connectivity index (χ2n) is 5.90. The number of thiophene rings is 1. The third-order valence-electron chi connectivity index (χ3n) is 4.02. The molecule has 6 heteroatoms. The van der Waals surface area contributed by atoms with E-state index in [4.69, 9.17) is 0 Å². The molecule has 0 bridgehead atoms. The van der Waals surface area contributed by atoms with Gasteiger partial charge in [0.2, 0.25) is 0 Å². The number of likely N-dealkylation sites (N-methyl/N-ethyl adjacent to an activating group) is 1. The zero-order valence-corrected chi connectivity index (χ0v) is 16.3. The Hall–Kier alpha value is -0.950. The number of hydrogen-bond donors (Lipinski definition) is 1. The van der Waals surface area contributed by atoms with E-state index in [1.54, 1.807) is 11.3 Å². The number of carbonyl (C=O) groups excluding carboxylic acids is 1. The molecule has 1 fully saturated rings. The average Bonchev–Trinajstić information content (AvgIpc) is 3.28. The van der Waals surface area contributed by atoms with Crippen molar-refractivity contribution in [3.05, 3.63) is 57.8 Å². The highest BCUT2D eigenvalue weighted by molar-refractivity contribution is 8.19. The number of benzene rings is 1. The Morgan fingerprint density at radius 3 is 2.50 bits per heavy atom. The van der Waals surface area contributed by atoms with E-state index in [2.05, 4.69) is 39.9 Å². The number of rotatable bonds is 6. The lowest BCUT2D eigenvalue weighted by atomic mass is 10.1. The molecule has 0 aliphatic carbocycles. The van der Waals surface area contributed by atoms with Crippen molar-refractivity contribution in [3.63, 3.8) is 0 Å². The van der Waals surface area contributed by atoms with Crippen LogP contribution in [0.3, 0.4) is 0 Å². The molecule has 24 heavy (non-hydrogen) atoms. The fourth-order valence-electron chi connectivity index (χ4n) is 2.65. The van der Waals surface area contributed by atoms with Crippen LogP contribution < -0.4 is 5.32 Å². The van der Waals surface area contributed by atoms with Gasteiger partial charge in [-0.05, 0) is 43.2 Å². The molecule has 0 spiro atoms. The van der Waals surface area contributed by atoms with Crippen LogP contribution in [0.5, 0.6) is 0 Å². The molecular weight excluding hydrogens is 356 g/mol. The summed E-state index contributed by atoms with van der Waals surface area (Å²) in [6.07, 6.45) is 0. The summed E-state index contributed by atoms with van der Waals surface area (Å²) in [6, 6.07) is 12.4. The van der Waals surface area contributed by atoms with Gasteiger partial charge in [-0.15, -0.1) is 34.9 Å². The van der Waals surface area contributed by atoms with Gasteiger partial charge in [-0.1, -0.05) is 18.2 Å². The van der Waals surface area contributed by atoms with E-state index in [-0.39, 0.29) is 11.9 Å². The number of thioether (sulfide) groups is 2.